The van der Waals surface area contributed by atoms with E-state index in [0.717, 1.165) is 96.9 Å². The molecular weight excluding hydrogens is 1800 g/mol. The molecule has 16 aromatic rings. The zero-order chi connectivity index (χ0) is 97.0. The number of alkyl halides is 7. The average molecular weight is 1900 g/mol. The number of aliphatic hydroxyl groups is 1. The molecule has 8 heterocycles. The number of hydrogen-bond acceptors (Lipinski definition) is 20. The number of carbonyl (C=O) groups is 2. The molecular formula is C98H95ClF8N25NaO4. The van der Waals surface area contributed by atoms with Gasteiger partial charge in [0, 0.05) is 114 Å². The molecule has 0 saturated carbocycles. The van der Waals surface area contributed by atoms with E-state index < -0.39 is 69.2 Å². The van der Waals surface area contributed by atoms with Gasteiger partial charge in [-0.05, 0) is 91.9 Å². The fraction of sp³-hybridized carbons (Fsp3) is 0.184. The number of nitrogens with two attached hydrogens (primary N) is 2. The van der Waals surface area contributed by atoms with Crippen molar-refractivity contribution in [3.8, 4) is 90.1 Å². The molecule has 0 spiro atoms. The maximum absolute atomic E-state index is 14.8. The second-order valence-electron chi connectivity index (χ2n) is 28.5. The molecule has 0 atom stereocenters. The number of carbonyl (C=O) groups excluding carboxylic acids is 1. The van der Waals surface area contributed by atoms with Crippen molar-refractivity contribution in [2.75, 3.05) is 11.1 Å². The van der Waals surface area contributed by atoms with E-state index in [-0.39, 0.29) is 80.7 Å². The Bertz CT molecular complexity index is 6340. The third-order valence-corrected chi connectivity index (χ3v) is 19.2. The van der Waals surface area contributed by atoms with Crippen LogP contribution in [-0.4, -0.2) is 101 Å². The number of carboxylic acids is 1. The Kier molecular flexibility index (Phi) is 43.6. The molecule has 0 radical (unpaired) electrons. The van der Waals surface area contributed by atoms with E-state index in [9.17, 15) is 44.7 Å². The monoisotopic (exact) mass is 1900 g/mol. The quantitative estimate of drug-likeness (QED) is 0.0133. The van der Waals surface area contributed by atoms with Crippen molar-refractivity contribution in [2.24, 2.45) is 24.9 Å². The zero-order valence-corrected chi connectivity index (χ0v) is 77.0. The molecule has 700 valence electrons. The molecule has 7 N–H and O–H groups in total. The molecule has 16 rings (SSSR count). The minimum absolute atomic E-state index is 0. The number of aryl methyl sites for hydroxylation is 8. The number of nitrogens with one attached hydrogen (secondary N) is 1. The van der Waals surface area contributed by atoms with Crippen LogP contribution in [-0.2, 0) is 64.9 Å². The van der Waals surface area contributed by atoms with E-state index in [1.54, 1.807) is 49.9 Å². The number of carboxylic acid groups (broad SMARTS) is 1. The number of benzene rings is 8. The van der Waals surface area contributed by atoms with Crippen molar-refractivity contribution in [2.45, 2.75) is 107 Å². The number of nitrogen functional groups attached to an aromatic ring is 1. The number of aliphatic hydroxyl groups excluding tert-OH is 1. The first-order valence-electron chi connectivity index (χ1n) is 40.7. The third kappa shape index (κ3) is 31.9. The van der Waals surface area contributed by atoms with Gasteiger partial charge in [-0.15, -0.1) is 11.6 Å². The van der Waals surface area contributed by atoms with Gasteiger partial charge in [0.2, 0.25) is 0 Å². The Balaban J connectivity index is 0.000000249. The first-order chi connectivity index (χ1) is 64.3. The van der Waals surface area contributed by atoms with Crippen LogP contribution in [0, 0.1) is 39.3 Å². The number of hydrogen-bond donors (Lipinski definition) is 5. The first kappa shape index (κ1) is 110. The summed E-state index contributed by atoms with van der Waals surface area (Å²) in [6, 6.07) is 63.4. The summed E-state index contributed by atoms with van der Waals surface area (Å²) in [5.74, 6) is -1.28. The molecule has 0 aliphatic rings. The van der Waals surface area contributed by atoms with Gasteiger partial charge in [0.1, 0.15) is 47.4 Å². The molecule has 0 aliphatic heterocycles. The Morgan fingerprint density at radius 2 is 0.774 bits per heavy atom. The van der Waals surface area contributed by atoms with Crippen molar-refractivity contribution >= 4 is 34.9 Å². The number of amides is 1. The molecule has 8 aromatic heterocycles. The van der Waals surface area contributed by atoms with Gasteiger partial charge in [0.05, 0.1) is 111 Å². The number of rotatable bonds is 18. The summed E-state index contributed by atoms with van der Waals surface area (Å²) in [7, 11) is 3.04. The zero-order valence-electron chi connectivity index (χ0n) is 74.3. The van der Waals surface area contributed by atoms with Crippen molar-refractivity contribution in [1.29, 1.82) is 0 Å². The number of nitrogens with zero attached hydrogens (tertiary/aromatic N) is 22. The van der Waals surface area contributed by atoms with Gasteiger partial charge in [-0.25, -0.2) is 73.4 Å². The largest absolute Gasteiger partial charge is 1.00 e. The minimum atomic E-state index is -4.84. The average Bonchev–Trinajstić information content (AvgIpc) is 1.37. The van der Waals surface area contributed by atoms with Gasteiger partial charge < -0.3 is 38.1 Å². The Morgan fingerprint density at radius 1 is 0.460 bits per heavy atom. The van der Waals surface area contributed by atoms with Crippen LogP contribution < -0.4 is 46.3 Å². The van der Waals surface area contributed by atoms with Gasteiger partial charge in [-0.3, -0.25) is 19.1 Å². The van der Waals surface area contributed by atoms with E-state index in [1.807, 2.05) is 212 Å². The summed E-state index contributed by atoms with van der Waals surface area (Å²) in [6.45, 7) is 12.3. The van der Waals surface area contributed by atoms with Crippen LogP contribution in [0.25, 0.3) is 116 Å². The number of azide groups is 1. The Labute approximate surface area is 812 Å². The van der Waals surface area contributed by atoms with Crippen LogP contribution in [0.15, 0.2) is 273 Å². The predicted molar refractivity (Wildman–Crippen MR) is 509 cm³/mol. The summed E-state index contributed by atoms with van der Waals surface area (Å²) in [4.78, 5) is 79.2. The van der Waals surface area contributed by atoms with Crippen LogP contribution in [0.1, 0.15) is 118 Å². The van der Waals surface area contributed by atoms with E-state index in [4.69, 9.17) is 49.9 Å². The SMILES string of the molecule is C.C.CCc1ncc(N)c(-c2ccccc2)n1.CCc1ncc(NC(=O)c2cc(-c3ccn(C)n3)c(C(F)(F)F)cc2F)c(-c2ccccc2)n1.Cc1cnc(CCl)nc1-c1ccccc1.Cc1cnc(CN)nc1-c1ccccc1.Cc1cnc(CN=[N+]=[N-])nc1-c1ccccc1.Cc1cnc(CO)nc1-c1ccccc1.Cn1ccc(-c2cc(C(=O)O)c(F)cc2C(F)(F)F)n1.[N-]=[N+]=[N-].[Na+]. The fourth-order valence-electron chi connectivity index (χ4n) is 12.5. The van der Waals surface area contributed by atoms with Gasteiger partial charge >= 0.3 is 47.9 Å². The number of aromatic carboxylic acids is 1. The van der Waals surface area contributed by atoms with Crippen molar-refractivity contribution < 1.29 is 84.5 Å². The summed E-state index contributed by atoms with van der Waals surface area (Å²) in [5.41, 5.74) is 44.2. The van der Waals surface area contributed by atoms with E-state index in [1.165, 1.54) is 52.0 Å². The van der Waals surface area contributed by atoms with E-state index >= 15 is 0 Å². The summed E-state index contributed by atoms with van der Waals surface area (Å²) in [5, 5.41) is 31.5. The summed E-state index contributed by atoms with van der Waals surface area (Å²) >= 11 is 5.71. The third-order valence-electron chi connectivity index (χ3n) is 19.0. The van der Waals surface area contributed by atoms with Crippen molar-refractivity contribution in [1.82, 2.24) is 79.4 Å². The van der Waals surface area contributed by atoms with E-state index in [2.05, 4.69) is 85.3 Å². The fourth-order valence-corrected chi connectivity index (χ4v) is 12.6. The van der Waals surface area contributed by atoms with Crippen molar-refractivity contribution in [3.05, 3.63) is 385 Å². The minimum Gasteiger partial charge on any atom is -0.478 e. The van der Waals surface area contributed by atoms with Gasteiger partial charge in [-0.2, -0.15) is 36.5 Å². The number of aromatic nitrogens is 16. The molecule has 0 saturated heterocycles. The normalized spacial score (nSPS) is 10.3. The first-order valence-corrected chi connectivity index (χ1v) is 41.2. The number of anilines is 2. The predicted octanol–water partition coefficient (Wildman–Crippen LogP) is 20.2. The molecule has 0 aliphatic carbocycles. The summed E-state index contributed by atoms with van der Waals surface area (Å²) < 4.78 is 110. The Hall–Kier alpha value is -15.3. The maximum atomic E-state index is 14.8. The molecule has 0 fully saturated rings. The Morgan fingerprint density at radius 3 is 1.12 bits per heavy atom. The topological polar surface area (TPSA) is 436 Å². The van der Waals surface area contributed by atoms with Crippen LogP contribution >= 0.6 is 11.6 Å². The molecule has 137 heavy (non-hydrogen) atoms. The van der Waals surface area contributed by atoms with Crippen LogP contribution in [0.4, 0.5) is 46.5 Å². The van der Waals surface area contributed by atoms with Crippen molar-refractivity contribution in [3.63, 3.8) is 0 Å². The standard InChI is InChI=1S/C24H19F4N5O.C12H11ClN2.C12H8F4N2O2.C12H11N5.2C12H13N3.C12H12N2O.2CH4.N3.Na/c1-3-21-29-13-20(22(31-21)14-7-5-4-6-8-14)30-23(34)16-11-15(19-9-10-33(2)32-19)17(12-18(16)25)24(26,27)28;1-9-8-14-11(7-13)15-12(9)10-5-3-2-4-6-10;1-18-3-2-10(17-18)6-4-7(11(19)20)9(13)5-8(6)12(14,15)16;1-9-7-14-11(8-15-17-13)16-12(9)10-5-3-2-4-6-10;1-9-8-14-11(7-13)15-12(9)10-5-3-2-4-6-10;1-2-11-14-8-10(13)12(15-11)9-6-4-3-5-7-9;1-9-7-13-11(8-15)14-12(9)10-5-3-2-4-6-10;;;1-3-2;/h4-13H,3H2,1-2H3,(H,30,34);2-6,8H,7H2,1H3;2-5H,1H3,(H,19,20);2-7H,8H2,1H3;2-6,8H,7,13H2,1H3;3-8H,2,13H2,1H3;2-7,15H,8H2,1H3;2*1H4;;/q;;;;;;;;;-1;+1. The van der Waals surface area contributed by atoms with Crippen LogP contribution in [0.5, 0.6) is 0 Å². The second-order valence-corrected chi connectivity index (χ2v) is 28.8. The molecule has 39 heteroatoms. The molecule has 29 nitrogen and oxygen atoms in total. The molecule has 0 bridgehead atoms. The van der Waals surface area contributed by atoms with Crippen LogP contribution in [0.3, 0.4) is 0 Å². The smallest absolute Gasteiger partial charge is 0.478 e. The maximum Gasteiger partial charge on any atom is 1.00 e. The molecule has 1 amide bonds. The second kappa shape index (κ2) is 54.1. The van der Waals surface area contributed by atoms with Gasteiger partial charge in [0.25, 0.3) is 5.91 Å². The van der Waals surface area contributed by atoms with Gasteiger partial charge in [-0.1, -0.05) is 216 Å². The van der Waals surface area contributed by atoms with Gasteiger partial charge in [0.15, 0.2) is 5.82 Å². The molecule has 0 unspecified atom stereocenters. The van der Waals surface area contributed by atoms with Crippen LogP contribution in [0.2, 0.25) is 0 Å². The molecule has 8 aromatic carbocycles. The summed E-state index contributed by atoms with van der Waals surface area (Å²) in [6.07, 6.45) is 4.76. The van der Waals surface area contributed by atoms with E-state index in [0.29, 0.717) is 77.0 Å². The number of halogens is 9.